The summed E-state index contributed by atoms with van der Waals surface area (Å²) in [5.74, 6) is 0. The molecule has 17 heavy (non-hydrogen) atoms. The predicted molar refractivity (Wildman–Crippen MR) is 65.4 cm³/mol. The van der Waals surface area contributed by atoms with Gasteiger partial charge in [-0.1, -0.05) is 0 Å². The lowest BCUT2D eigenvalue weighted by atomic mass is 10.1. The largest absolute Gasteiger partial charge is 0.398 e. The number of hydrogen-bond acceptors (Lipinski definition) is 3. The molecule has 5 heteroatoms. The molecule has 0 aliphatic rings. The van der Waals surface area contributed by atoms with Gasteiger partial charge in [-0.3, -0.25) is 4.98 Å². The monoisotopic (exact) mass is 237 g/mol. The lowest BCUT2D eigenvalue weighted by Crippen LogP contribution is -2.24. The number of halogens is 2. The molecule has 2 N–H and O–H groups in total. The van der Waals surface area contributed by atoms with Gasteiger partial charge in [0, 0.05) is 24.3 Å². The maximum Gasteiger partial charge on any atom is 0.255 e. The van der Waals surface area contributed by atoms with Crippen molar-refractivity contribution in [3.8, 4) is 0 Å². The van der Waals surface area contributed by atoms with Gasteiger partial charge in [0.05, 0.1) is 17.7 Å². The van der Waals surface area contributed by atoms with Gasteiger partial charge in [-0.25, -0.2) is 8.78 Å². The molecule has 2 rings (SSSR count). The Morgan fingerprint density at radius 2 is 2.12 bits per heavy atom. The summed E-state index contributed by atoms with van der Waals surface area (Å²) in [5, 5.41) is 0.783. The fraction of sp³-hybridized carbons (Fsp3) is 0.250. The van der Waals surface area contributed by atoms with Crippen molar-refractivity contribution in [1.82, 2.24) is 4.98 Å². The Balaban J connectivity index is 2.51. The SMILES string of the molecule is CN(CC(F)F)c1ccc(N)c2cccnc12. The third-order valence-electron chi connectivity index (χ3n) is 2.61. The molecular formula is C12H13F2N3. The first-order valence-corrected chi connectivity index (χ1v) is 5.22. The number of anilines is 2. The van der Waals surface area contributed by atoms with Crippen LogP contribution in [-0.2, 0) is 0 Å². The minimum Gasteiger partial charge on any atom is -0.398 e. The van der Waals surface area contributed by atoms with Gasteiger partial charge in [0.15, 0.2) is 0 Å². The molecule has 1 heterocycles. The molecule has 0 aliphatic carbocycles. The van der Waals surface area contributed by atoms with Gasteiger partial charge in [-0.15, -0.1) is 0 Å². The van der Waals surface area contributed by atoms with Gasteiger partial charge in [-0.2, -0.15) is 0 Å². The van der Waals surface area contributed by atoms with Gasteiger partial charge in [0.2, 0.25) is 0 Å². The second kappa shape index (κ2) is 4.53. The Kier molecular flexibility index (Phi) is 3.08. The molecular weight excluding hydrogens is 224 g/mol. The molecule has 3 nitrogen and oxygen atoms in total. The van der Waals surface area contributed by atoms with Crippen LogP contribution in [0.25, 0.3) is 10.9 Å². The number of benzene rings is 1. The Labute approximate surface area is 97.9 Å². The number of aromatic nitrogens is 1. The second-order valence-corrected chi connectivity index (χ2v) is 3.85. The van der Waals surface area contributed by atoms with E-state index >= 15 is 0 Å². The summed E-state index contributed by atoms with van der Waals surface area (Å²) in [7, 11) is 1.62. The van der Waals surface area contributed by atoms with Crippen LogP contribution in [0.5, 0.6) is 0 Å². The lowest BCUT2D eigenvalue weighted by molar-refractivity contribution is 0.156. The van der Waals surface area contributed by atoms with Crippen LogP contribution >= 0.6 is 0 Å². The third kappa shape index (κ3) is 2.27. The number of nitrogens with two attached hydrogens (primary N) is 1. The summed E-state index contributed by atoms with van der Waals surface area (Å²) in [4.78, 5) is 5.69. The van der Waals surface area contributed by atoms with Crippen molar-refractivity contribution in [3.05, 3.63) is 30.5 Å². The van der Waals surface area contributed by atoms with E-state index in [0.29, 0.717) is 16.9 Å². The van der Waals surface area contributed by atoms with E-state index in [2.05, 4.69) is 4.98 Å². The van der Waals surface area contributed by atoms with Crippen molar-refractivity contribution < 1.29 is 8.78 Å². The Hall–Kier alpha value is -1.91. The molecule has 1 aromatic heterocycles. The summed E-state index contributed by atoms with van der Waals surface area (Å²) in [6.45, 7) is -0.324. The zero-order chi connectivity index (χ0) is 12.4. The molecule has 0 saturated heterocycles. The van der Waals surface area contributed by atoms with Crippen molar-refractivity contribution in [3.63, 3.8) is 0 Å². The van der Waals surface area contributed by atoms with E-state index in [9.17, 15) is 8.78 Å². The van der Waals surface area contributed by atoms with E-state index in [4.69, 9.17) is 5.73 Å². The number of nitrogens with zero attached hydrogens (tertiary/aromatic N) is 2. The molecule has 0 aliphatic heterocycles. The van der Waals surface area contributed by atoms with Gasteiger partial charge in [-0.05, 0) is 24.3 Å². The first-order chi connectivity index (χ1) is 8.09. The quantitative estimate of drug-likeness (QED) is 0.834. The fourth-order valence-corrected chi connectivity index (χ4v) is 1.79. The smallest absolute Gasteiger partial charge is 0.255 e. The van der Waals surface area contributed by atoms with Crippen LogP contribution in [0.1, 0.15) is 0 Å². The molecule has 0 fully saturated rings. The van der Waals surface area contributed by atoms with Gasteiger partial charge >= 0.3 is 0 Å². The van der Waals surface area contributed by atoms with E-state index in [1.807, 2.05) is 6.07 Å². The summed E-state index contributed by atoms with van der Waals surface area (Å²) in [5.41, 5.74) is 7.73. The van der Waals surface area contributed by atoms with Crippen LogP contribution in [-0.4, -0.2) is 25.0 Å². The normalized spacial score (nSPS) is 11.1. The maximum atomic E-state index is 12.4. The molecule has 0 amide bonds. The number of rotatable bonds is 3. The molecule has 0 saturated carbocycles. The Morgan fingerprint density at radius 3 is 2.82 bits per heavy atom. The first kappa shape index (κ1) is 11.6. The topological polar surface area (TPSA) is 42.1 Å². The van der Waals surface area contributed by atoms with Crippen LogP contribution in [0.3, 0.4) is 0 Å². The highest BCUT2D eigenvalue weighted by molar-refractivity contribution is 5.98. The van der Waals surface area contributed by atoms with Gasteiger partial charge in [0.1, 0.15) is 0 Å². The average molecular weight is 237 g/mol. The number of fused-ring (bicyclic) bond motifs is 1. The zero-order valence-electron chi connectivity index (χ0n) is 9.40. The highest BCUT2D eigenvalue weighted by Crippen LogP contribution is 2.28. The Bertz CT molecular complexity index is 528. The maximum absolute atomic E-state index is 12.4. The van der Waals surface area contributed by atoms with Gasteiger partial charge < -0.3 is 10.6 Å². The number of alkyl halides is 2. The van der Waals surface area contributed by atoms with Crippen molar-refractivity contribution >= 4 is 22.3 Å². The highest BCUT2D eigenvalue weighted by atomic mass is 19.3. The van der Waals surface area contributed by atoms with Crippen LogP contribution in [0, 0.1) is 0 Å². The van der Waals surface area contributed by atoms with Gasteiger partial charge in [0.25, 0.3) is 6.43 Å². The van der Waals surface area contributed by atoms with Crippen molar-refractivity contribution in [2.45, 2.75) is 6.43 Å². The van der Waals surface area contributed by atoms with E-state index in [1.54, 1.807) is 31.4 Å². The van der Waals surface area contributed by atoms with Crippen molar-refractivity contribution in [1.29, 1.82) is 0 Å². The van der Waals surface area contributed by atoms with E-state index in [-0.39, 0.29) is 6.54 Å². The molecule has 2 aromatic rings. The average Bonchev–Trinajstić information content (AvgIpc) is 2.29. The van der Waals surface area contributed by atoms with E-state index < -0.39 is 6.43 Å². The minimum absolute atomic E-state index is 0.324. The highest BCUT2D eigenvalue weighted by Gasteiger charge is 2.12. The van der Waals surface area contributed by atoms with Crippen LogP contribution in [0.2, 0.25) is 0 Å². The molecule has 0 spiro atoms. The standard InChI is InChI=1S/C12H13F2N3/c1-17(7-11(13)14)10-5-4-9(15)8-3-2-6-16-12(8)10/h2-6,11H,7,15H2,1H3. The number of pyridine rings is 1. The van der Waals surface area contributed by atoms with E-state index in [1.165, 1.54) is 4.90 Å². The lowest BCUT2D eigenvalue weighted by Gasteiger charge is -2.20. The summed E-state index contributed by atoms with van der Waals surface area (Å²) in [6, 6.07) is 7.03. The molecule has 0 unspecified atom stereocenters. The number of hydrogen-bond donors (Lipinski definition) is 1. The second-order valence-electron chi connectivity index (χ2n) is 3.85. The molecule has 1 aromatic carbocycles. The van der Waals surface area contributed by atoms with Crippen LogP contribution < -0.4 is 10.6 Å². The predicted octanol–water partition coefficient (Wildman–Crippen LogP) is 2.52. The molecule has 0 atom stereocenters. The van der Waals surface area contributed by atoms with Crippen molar-refractivity contribution in [2.24, 2.45) is 0 Å². The summed E-state index contributed by atoms with van der Waals surface area (Å²) < 4.78 is 24.7. The van der Waals surface area contributed by atoms with Crippen molar-refractivity contribution in [2.75, 3.05) is 24.2 Å². The summed E-state index contributed by atoms with van der Waals surface area (Å²) >= 11 is 0. The Morgan fingerprint density at radius 1 is 1.35 bits per heavy atom. The third-order valence-corrected chi connectivity index (χ3v) is 2.61. The van der Waals surface area contributed by atoms with E-state index in [0.717, 1.165) is 5.39 Å². The first-order valence-electron chi connectivity index (χ1n) is 5.22. The zero-order valence-corrected chi connectivity index (χ0v) is 9.40. The van der Waals surface area contributed by atoms with Crippen LogP contribution in [0.4, 0.5) is 20.2 Å². The summed E-state index contributed by atoms with van der Waals surface area (Å²) in [6.07, 6.45) is -0.752. The molecule has 0 radical (unpaired) electrons. The number of nitrogen functional groups attached to an aromatic ring is 1. The molecule has 0 bridgehead atoms. The fourth-order valence-electron chi connectivity index (χ4n) is 1.79. The molecule has 90 valence electrons. The van der Waals surface area contributed by atoms with Crippen LogP contribution in [0.15, 0.2) is 30.5 Å². The minimum atomic E-state index is -2.38.